The first-order chi connectivity index (χ1) is 9.70. The van der Waals surface area contributed by atoms with Crippen molar-refractivity contribution in [2.75, 3.05) is 13.1 Å². The highest BCUT2D eigenvalue weighted by Crippen LogP contribution is 2.33. The minimum Gasteiger partial charge on any atom is -0.316 e. The molecule has 0 radical (unpaired) electrons. The van der Waals surface area contributed by atoms with Gasteiger partial charge in [0.15, 0.2) is 11.6 Å². The summed E-state index contributed by atoms with van der Waals surface area (Å²) in [6.45, 7) is 4.17. The van der Waals surface area contributed by atoms with E-state index in [2.05, 4.69) is 12.2 Å². The van der Waals surface area contributed by atoms with E-state index in [0.29, 0.717) is 5.92 Å². The van der Waals surface area contributed by atoms with Gasteiger partial charge in [0.05, 0.1) is 0 Å². The van der Waals surface area contributed by atoms with Crippen molar-refractivity contribution >= 4 is 0 Å². The topological polar surface area (TPSA) is 12.0 Å². The lowest BCUT2D eigenvalue weighted by atomic mass is 9.85. The van der Waals surface area contributed by atoms with Crippen molar-refractivity contribution in [1.82, 2.24) is 5.32 Å². The van der Waals surface area contributed by atoms with Crippen LogP contribution in [0.3, 0.4) is 0 Å². The van der Waals surface area contributed by atoms with Crippen molar-refractivity contribution in [3.8, 4) is 0 Å². The van der Waals surface area contributed by atoms with Crippen molar-refractivity contribution in [3.05, 3.63) is 35.4 Å². The van der Waals surface area contributed by atoms with Gasteiger partial charge in [-0.1, -0.05) is 38.7 Å². The van der Waals surface area contributed by atoms with Crippen molar-refractivity contribution in [2.45, 2.75) is 45.4 Å². The van der Waals surface area contributed by atoms with E-state index in [1.807, 2.05) is 0 Å². The van der Waals surface area contributed by atoms with Crippen LogP contribution in [0.2, 0.25) is 0 Å². The van der Waals surface area contributed by atoms with Crippen LogP contribution in [0.4, 0.5) is 8.78 Å². The van der Waals surface area contributed by atoms with Crippen molar-refractivity contribution in [2.24, 2.45) is 11.8 Å². The molecule has 1 aromatic rings. The molecule has 1 unspecified atom stereocenters. The Labute approximate surface area is 120 Å². The quantitative estimate of drug-likeness (QED) is 0.734. The van der Waals surface area contributed by atoms with Crippen LogP contribution in [-0.4, -0.2) is 13.1 Å². The second-order valence-electron chi connectivity index (χ2n) is 5.96. The van der Waals surface area contributed by atoms with Gasteiger partial charge in [-0.25, -0.2) is 8.78 Å². The molecule has 1 aliphatic carbocycles. The molecular weight excluding hydrogens is 256 g/mol. The van der Waals surface area contributed by atoms with Crippen LogP contribution in [0.1, 0.15) is 44.6 Å². The maximum Gasteiger partial charge on any atom is 0.159 e. The lowest BCUT2D eigenvalue weighted by Gasteiger charge is -2.24. The summed E-state index contributed by atoms with van der Waals surface area (Å²) in [5, 5.41) is 3.49. The van der Waals surface area contributed by atoms with Crippen molar-refractivity contribution in [3.63, 3.8) is 0 Å². The average Bonchev–Trinajstić information content (AvgIpc) is 2.96. The van der Waals surface area contributed by atoms with E-state index in [1.165, 1.54) is 37.8 Å². The minimum atomic E-state index is -0.754. The molecule has 20 heavy (non-hydrogen) atoms. The van der Waals surface area contributed by atoms with E-state index in [-0.39, 0.29) is 0 Å². The first-order valence-electron chi connectivity index (χ1n) is 7.85. The summed E-state index contributed by atoms with van der Waals surface area (Å²) < 4.78 is 26.3. The lowest BCUT2D eigenvalue weighted by molar-refractivity contribution is 0.321. The van der Waals surface area contributed by atoms with E-state index in [4.69, 9.17) is 0 Å². The molecule has 0 heterocycles. The maximum atomic E-state index is 13.3. The summed E-state index contributed by atoms with van der Waals surface area (Å²) >= 11 is 0. The fourth-order valence-electron chi connectivity index (χ4n) is 3.27. The molecule has 0 spiro atoms. The van der Waals surface area contributed by atoms with Crippen LogP contribution in [-0.2, 0) is 6.42 Å². The second kappa shape index (κ2) is 7.72. The van der Waals surface area contributed by atoms with E-state index in [0.717, 1.165) is 37.4 Å². The molecule has 0 aromatic heterocycles. The van der Waals surface area contributed by atoms with Crippen LogP contribution in [0.25, 0.3) is 0 Å². The monoisotopic (exact) mass is 281 g/mol. The Balaban J connectivity index is 1.99. The van der Waals surface area contributed by atoms with Gasteiger partial charge >= 0.3 is 0 Å². The zero-order valence-corrected chi connectivity index (χ0v) is 12.3. The van der Waals surface area contributed by atoms with Gasteiger partial charge in [-0.15, -0.1) is 0 Å². The Bertz CT molecular complexity index is 413. The fraction of sp³-hybridized carbons (Fsp3) is 0.647. The molecule has 1 nitrogen and oxygen atoms in total. The maximum absolute atomic E-state index is 13.3. The highest BCUT2D eigenvalue weighted by Gasteiger charge is 2.25. The predicted octanol–water partition coefficient (Wildman–Crippen LogP) is 4.31. The van der Waals surface area contributed by atoms with Gasteiger partial charge in [0.1, 0.15) is 0 Å². The lowest BCUT2D eigenvalue weighted by Crippen LogP contribution is -2.29. The van der Waals surface area contributed by atoms with Gasteiger partial charge in [0.25, 0.3) is 0 Å². The largest absolute Gasteiger partial charge is 0.316 e. The number of benzene rings is 1. The third-order valence-corrected chi connectivity index (χ3v) is 4.38. The summed E-state index contributed by atoms with van der Waals surface area (Å²) in [5.74, 6) is -0.217. The molecule has 1 N–H and O–H groups in total. The highest BCUT2D eigenvalue weighted by molar-refractivity contribution is 5.18. The fourth-order valence-corrected chi connectivity index (χ4v) is 3.27. The molecule has 112 valence electrons. The number of halogens is 2. The SMILES string of the molecule is CCCNCC(Cc1ccc(F)c(F)c1)C1CCCC1. The predicted molar refractivity (Wildman–Crippen MR) is 78.7 cm³/mol. The molecule has 0 saturated heterocycles. The Morgan fingerprint density at radius 2 is 1.95 bits per heavy atom. The summed E-state index contributed by atoms with van der Waals surface area (Å²) in [4.78, 5) is 0. The summed E-state index contributed by atoms with van der Waals surface area (Å²) in [6, 6.07) is 4.33. The van der Waals surface area contributed by atoms with Gasteiger partial charge in [-0.3, -0.25) is 0 Å². The Hall–Kier alpha value is -0.960. The molecule has 3 heteroatoms. The van der Waals surface area contributed by atoms with Crippen molar-refractivity contribution in [1.29, 1.82) is 0 Å². The van der Waals surface area contributed by atoms with Crippen LogP contribution < -0.4 is 5.32 Å². The molecule has 0 amide bonds. The molecule has 0 bridgehead atoms. The smallest absolute Gasteiger partial charge is 0.159 e. The van der Waals surface area contributed by atoms with E-state index in [1.54, 1.807) is 6.07 Å². The number of hydrogen-bond donors (Lipinski definition) is 1. The molecule has 0 aliphatic heterocycles. The molecule has 2 rings (SSSR count). The van der Waals surface area contributed by atoms with Gasteiger partial charge in [-0.2, -0.15) is 0 Å². The first-order valence-corrected chi connectivity index (χ1v) is 7.85. The summed E-state index contributed by atoms with van der Waals surface area (Å²) in [6.07, 6.45) is 7.16. The van der Waals surface area contributed by atoms with Gasteiger partial charge in [0.2, 0.25) is 0 Å². The van der Waals surface area contributed by atoms with Crippen molar-refractivity contribution < 1.29 is 8.78 Å². The van der Waals surface area contributed by atoms with Crippen LogP contribution in [0.15, 0.2) is 18.2 Å². The number of rotatable bonds is 7. The van der Waals surface area contributed by atoms with Crippen LogP contribution in [0.5, 0.6) is 0 Å². The molecular formula is C17H25F2N. The Morgan fingerprint density at radius 3 is 2.60 bits per heavy atom. The van der Waals surface area contributed by atoms with E-state index < -0.39 is 11.6 Å². The molecule has 1 aromatic carbocycles. The van der Waals surface area contributed by atoms with Crippen LogP contribution in [0, 0.1) is 23.5 Å². The number of hydrogen-bond acceptors (Lipinski definition) is 1. The van der Waals surface area contributed by atoms with Gasteiger partial charge in [-0.05, 0) is 55.5 Å². The highest BCUT2D eigenvalue weighted by atomic mass is 19.2. The standard InChI is InChI=1S/C17H25F2N/c1-2-9-20-12-15(14-5-3-4-6-14)10-13-7-8-16(18)17(19)11-13/h7-8,11,14-15,20H,2-6,9-10,12H2,1H3. The zero-order chi connectivity index (χ0) is 14.4. The van der Waals surface area contributed by atoms with E-state index in [9.17, 15) is 8.78 Å². The van der Waals surface area contributed by atoms with Gasteiger partial charge in [0, 0.05) is 0 Å². The van der Waals surface area contributed by atoms with E-state index >= 15 is 0 Å². The summed E-state index contributed by atoms with van der Waals surface area (Å²) in [7, 11) is 0. The summed E-state index contributed by atoms with van der Waals surface area (Å²) in [5.41, 5.74) is 0.916. The zero-order valence-electron chi connectivity index (χ0n) is 12.3. The molecule has 1 aliphatic rings. The molecule has 1 saturated carbocycles. The third kappa shape index (κ3) is 4.27. The molecule has 1 fully saturated rings. The number of nitrogens with one attached hydrogen (secondary N) is 1. The van der Waals surface area contributed by atoms with Crippen LogP contribution >= 0.6 is 0 Å². The Kier molecular flexibility index (Phi) is 5.96. The average molecular weight is 281 g/mol. The Morgan fingerprint density at radius 1 is 1.20 bits per heavy atom. The second-order valence-corrected chi connectivity index (χ2v) is 5.96. The van der Waals surface area contributed by atoms with Gasteiger partial charge < -0.3 is 5.32 Å². The molecule has 1 atom stereocenters. The third-order valence-electron chi connectivity index (χ3n) is 4.38. The minimum absolute atomic E-state index is 0.536. The first kappa shape index (κ1) is 15.4. The normalized spacial score (nSPS) is 17.6.